The van der Waals surface area contributed by atoms with Crippen LogP contribution >= 0.6 is 8.60 Å². The standard InChI is InChI=1S/C41H44BN6O10P.C6H15N/c1-47(2)40-45-37-34(38(49)46-40)44-24-48(37)39-36-35(33(56-39)23-55-59(50)51)57-42(58-36)32-20-25(10-11-26(32)21-43)22-54-41(27-8-6-5-7-9-27,28-12-16-30(52-3)17-13-28)29-14-18-31(53-4)19-15-29;1-4-7(5-2)6-3/h5-20,24,33,35-36,39,50-51H,21-23,43H2,1-4H3,(H,45,46,49);4-6H2,1-3H3/t33-,35-,36-,39-;/m1./s1. The van der Waals surface area contributed by atoms with Crippen molar-refractivity contribution in [2.75, 3.05) is 59.5 Å². The van der Waals surface area contributed by atoms with Crippen LogP contribution in [0.15, 0.2) is 108 Å². The third-order valence-electron chi connectivity index (χ3n) is 12.0. The van der Waals surface area contributed by atoms with E-state index in [1.165, 1.54) is 26.0 Å². The van der Waals surface area contributed by atoms with Crippen molar-refractivity contribution in [1.82, 2.24) is 24.4 Å². The van der Waals surface area contributed by atoms with Gasteiger partial charge in [-0.15, -0.1) is 0 Å². The summed E-state index contributed by atoms with van der Waals surface area (Å²) < 4.78 is 44.7. The Hall–Kier alpha value is -5.24. The number of methoxy groups -OCH3 is 2. The van der Waals surface area contributed by atoms with E-state index < -0.39 is 51.4 Å². The largest absolute Gasteiger partial charge is 0.497 e. The Labute approximate surface area is 386 Å². The molecule has 0 saturated carbocycles. The van der Waals surface area contributed by atoms with Crippen LogP contribution < -0.4 is 31.1 Å². The summed E-state index contributed by atoms with van der Waals surface area (Å²) in [6.07, 6.45) is -1.67. The zero-order chi connectivity index (χ0) is 47.0. The van der Waals surface area contributed by atoms with Crippen LogP contribution in [-0.4, -0.2) is 114 Å². The van der Waals surface area contributed by atoms with Gasteiger partial charge in [-0.25, -0.2) is 4.98 Å². The average Bonchev–Trinajstić information content (AvgIpc) is 4.07. The number of nitrogens with zero attached hydrogens (tertiary/aromatic N) is 5. The molecule has 2 saturated heterocycles. The highest BCUT2D eigenvalue weighted by atomic mass is 31.2. The van der Waals surface area contributed by atoms with Gasteiger partial charge in [-0.1, -0.05) is 93.6 Å². The zero-order valence-corrected chi connectivity index (χ0v) is 39.3. The van der Waals surface area contributed by atoms with Crippen LogP contribution in [0.4, 0.5) is 5.95 Å². The molecule has 4 atom stereocenters. The minimum atomic E-state index is -2.68. The number of aromatic amines is 1. The van der Waals surface area contributed by atoms with Crippen LogP contribution in [0.25, 0.3) is 11.2 Å². The molecule has 4 aromatic carbocycles. The van der Waals surface area contributed by atoms with Gasteiger partial charge in [0, 0.05) is 20.6 Å². The molecule has 8 rings (SSSR count). The van der Waals surface area contributed by atoms with Crippen LogP contribution in [0.5, 0.6) is 11.5 Å². The zero-order valence-electron chi connectivity index (χ0n) is 38.4. The fraction of sp³-hybridized carbons (Fsp3) is 0.383. The SMILES string of the molecule is CCN(CC)CC.COc1ccc(C(OCc2ccc(CN)c(B3O[C@@H]4[C@H](O3)[C@@H](COP(O)O)O[C@H]4n3cnc4c(=O)[nH]c(N(C)C)nc43)c2)(c2ccccc2)c2ccc(OC)cc2)cc1. The third kappa shape index (κ3) is 10.3. The van der Waals surface area contributed by atoms with Crippen molar-refractivity contribution in [3.8, 4) is 11.5 Å². The highest BCUT2D eigenvalue weighted by molar-refractivity contribution is 7.39. The van der Waals surface area contributed by atoms with Gasteiger partial charge < -0.3 is 58.1 Å². The van der Waals surface area contributed by atoms with E-state index in [0.717, 1.165) is 27.8 Å². The molecular formula is C47H59BN7O10P. The first kappa shape index (κ1) is 48.7. The number of benzene rings is 4. The van der Waals surface area contributed by atoms with E-state index in [2.05, 4.69) is 40.6 Å². The molecule has 350 valence electrons. The summed E-state index contributed by atoms with van der Waals surface area (Å²) in [7, 11) is 3.20. The summed E-state index contributed by atoms with van der Waals surface area (Å²) in [4.78, 5) is 47.9. The first-order chi connectivity index (χ1) is 32.0. The second-order valence-electron chi connectivity index (χ2n) is 15.9. The Bertz CT molecular complexity index is 2490. The van der Waals surface area contributed by atoms with E-state index in [-0.39, 0.29) is 30.9 Å². The minimum Gasteiger partial charge on any atom is -0.497 e. The number of ether oxygens (including phenoxy) is 4. The summed E-state index contributed by atoms with van der Waals surface area (Å²) in [5.41, 5.74) is 10.2. The maximum absolute atomic E-state index is 13.0. The lowest BCUT2D eigenvalue weighted by molar-refractivity contribution is -0.0543. The molecule has 4 heterocycles. The van der Waals surface area contributed by atoms with Gasteiger partial charge >= 0.3 is 15.7 Å². The first-order valence-corrected chi connectivity index (χ1v) is 23.1. The molecule has 2 aromatic heterocycles. The maximum Gasteiger partial charge on any atom is 0.495 e. The van der Waals surface area contributed by atoms with Gasteiger partial charge in [0.2, 0.25) is 5.95 Å². The van der Waals surface area contributed by atoms with E-state index in [1.54, 1.807) is 37.8 Å². The van der Waals surface area contributed by atoms with E-state index in [0.29, 0.717) is 22.9 Å². The van der Waals surface area contributed by atoms with Gasteiger partial charge in [0.25, 0.3) is 5.56 Å². The van der Waals surface area contributed by atoms with Crippen LogP contribution in [-0.2, 0) is 42.1 Å². The summed E-state index contributed by atoms with van der Waals surface area (Å²) in [5, 5.41) is 0. The second kappa shape index (κ2) is 22.0. The molecule has 2 aliphatic heterocycles. The number of H-pyrrole nitrogens is 1. The monoisotopic (exact) mass is 923 g/mol. The lowest BCUT2D eigenvalue weighted by Gasteiger charge is -2.36. The molecule has 0 aliphatic carbocycles. The molecule has 6 aromatic rings. The van der Waals surface area contributed by atoms with Gasteiger partial charge in [0.05, 0.1) is 33.8 Å². The Morgan fingerprint density at radius 3 is 2.02 bits per heavy atom. The smallest absolute Gasteiger partial charge is 0.495 e. The highest BCUT2D eigenvalue weighted by Crippen LogP contribution is 2.43. The number of anilines is 1. The number of fused-ring (bicyclic) bond motifs is 2. The topological polar surface area (TPSA) is 201 Å². The number of nitrogens with one attached hydrogen (secondary N) is 1. The van der Waals surface area contributed by atoms with Gasteiger partial charge in [0.15, 0.2) is 17.4 Å². The summed E-state index contributed by atoms with van der Waals surface area (Å²) in [6, 6.07) is 31.6. The number of aromatic nitrogens is 4. The van der Waals surface area contributed by atoms with Crippen LogP contribution in [0.1, 0.15) is 54.8 Å². The number of imidazole rings is 1. The van der Waals surface area contributed by atoms with Crippen LogP contribution in [0.2, 0.25) is 0 Å². The first-order valence-electron chi connectivity index (χ1n) is 21.9. The van der Waals surface area contributed by atoms with E-state index in [1.807, 2.05) is 97.1 Å². The quantitative estimate of drug-likeness (QED) is 0.0519. The van der Waals surface area contributed by atoms with Crippen molar-refractivity contribution < 1.29 is 42.6 Å². The molecule has 2 aliphatic rings. The maximum atomic E-state index is 13.0. The fourth-order valence-corrected chi connectivity index (χ4v) is 8.65. The van der Waals surface area contributed by atoms with Crippen molar-refractivity contribution in [1.29, 1.82) is 0 Å². The van der Waals surface area contributed by atoms with Gasteiger partial charge in [-0.3, -0.25) is 14.3 Å². The molecule has 2 fully saturated rings. The van der Waals surface area contributed by atoms with Gasteiger partial charge in [-0.05, 0) is 77.2 Å². The molecule has 0 radical (unpaired) electrons. The van der Waals surface area contributed by atoms with E-state index in [4.69, 9.17) is 38.5 Å². The lowest BCUT2D eigenvalue weighted by atomic mass is 9.75. The average molecular weight is 924 g/mol. The predicted molar refractivity (Wildman–Crippen MR) is 254 cm³/mol. The Morgan fingerprint density at radius 1 is 0.864 bits per heavy atom. The molecule has 0 bridgehead atoms. The summed E-state index contributed by atoms with van der Waals surface area (Å²) in [5.74, 6) is 1.76. The number of rotatable bonds is 18. The Balaban J connectivity index is 0.000000858. The number of hydrogen-bond donors (Lipinski definition) is 4. The molecular weight excluding hydrogens is 864 g/mol. The third-order valence-corrected chi connectivity index (χ3v) is 12.4. The molecule has 0 spiro atoms. The molecule has 17 nitrogen and oxygen atoms in total. The van der Waals surface area contributed by atoms with Crippen molar-refractivity contribution in [3.05, 3.63) is 142 Å². The molecule has 5 N–H and O–H groups in total. The van der Waals surface area contributed by atoms with E-state index >= 15 is 0 Å². The predicted octanol–water partition coefficient (Wildman–Crippen LogP) is 4.82. The van der Waals surface area contributed by atoms with Gasteiger partial charge in [0.1, 0.15) is 35.4 Å². The lowest BCUT2D eigenvalue weighted by Crippen LogP contribution is -2.39. The minimum absolute atomic E-state index is 0.120. The number of hydrogen-bond acceptors (Lipinski definition) is 15. The Morgan fingerprint density at radius 2 is 1.47 bits per heavy atom. The number of nitrogens with two attached hydrogens (primary N) is 1. The van der Waals surface area contributed by atoms with Crippen molar-refractivity contribution >= 4 is 38.3 Å². The molecule has 0 unspecified atom stereocenters. The second-order valence-corrected chi connectivity index (χ2v) is 16.7. The molecule has 66 heavy (non-hydrogen) atoms. The normalized spacial score (nSPS) is 18.2. The van der Waals surface area contributed by atoms with Crippen LogP contribution in [0.3, 0.4) is 0 Å². The van der Waals surface area contributed by atoms with Gasteiger partial charge in [-0.2, -0.15) is 4.98 Å². The van der Waals surface area contributed by atoms with Crippen molar-refractivity contribution in [3.63, 3.8) is 0 Å². The molecule has 0 amide bonds. The summed E-state index contributed by atoms with van der Waals surface area (Å²) >= 11 is 0. The summed E-state index contributed by atoms with van der Waals surface area (Å²) in [6.45, 7) is 10.3. The fourth-order valence-electron chi connectivity index (χ4n) is 8.37. The molecule has 19 heteroatoms. The van der Waals surface area contributed by atoms with E-state index in [9.17, 15) is 14.6 Å². The highest BCUT2D eigenvalue weighted by Gasteiger charge is 2.56. The van der Waals surface area contributed by atoms with Crippen molar-refractivity contribution in [2.45, 2.75) is 64.1 Å². The Kier molecular flexibility index (Phi) is 16.3. The van der Waals surface area contributed by atoms with Crippen molar-refractivity contribution in [2.24, 2.45) is 5.73 Å². The van der Waals surface area contributed by atoms with Crippen LogP contribution in [0, 0.1) is 0 Å².